The maximum Gasteiger partial charge on any atom is 0.239 e. The van der Waals surface area contributed by atoms with Gasteiger partial charge in [-0.15, -0.1) is 0 Å². The fraction of sp³-hybridized carbons (Fsp3) is 0.833. The summed E-state index contributed by atoms with van der Waals surface area (Å²) in [6.45, 7) is 4.01. The minimum absolute atomic E-state index is 0.0471. The lowest BCUT2D eigenvalue weighted by molar-refractivity contribution is -0.140. The molecule has 0 bridgehead atoms. The summed E-state index contributed by atoms with van der Waals surface area (Å²) >= 11 is 0. The predicted octanol–water partition coefficient (Wildman–Crippen LogP) is -0.0530. The average Bonchev–Trinajstić information content (AvgIpc) is 2.70. The minimum Gasteiger partial charge on any atom is -0.338 e. The molecule has 0 aromatic rings. The number of carbonyl (C=O) groups excluding carboxylic acids is 2. The minimum atomic E-state index is -0.372. The topological polar surface area (TPSA) is 66.6 Å². The Balaban J connectivity index is 1.92. The van der Waals surface area contributed by atoms with E-state index in [-0.39, 0.29) is 23.9 Å². The molecular weight excluding hydrogens is 218 g/mol. The molecule has 2 N–H and O–H groups in total. The van der Waals surface area contributed by atoms with E-state index in [1.165, 1.54) is 0 Å². The molecule has 0 saturated carbocycles. The Hall–Kier alpha value is -1.10. The molecule has 17 heavy (non-hydrogen) atoms. The van der Waals surface area contributed by atoms with E-state index < -0.39 is 0 Å². The normalized spacial score (nSPS) is 26.0. The van der Waals surface area contributed by atoms with Crippen LogP contribution in [0.4, 0.5) is 0 Å². The van der Waals surface area contributed by atoms with E-state index in [9.17, 15) is 9.59 Å². The first-order valence-electron chi connectivity index (χ1n) is 6.47. The summed E-state index contributed by atoms with van der Waals surface area (Å²) in [7, 11) is 0. The van der Waals surface area contributed by atoms with Gasteiger partial charge in [-0.3, -0.25) is 9.59 Å². The molecule has 2 unspecified atom stereocenters. The van der Waals surface area contributed by atoms with E-state index in [0.29, 0.717) is 26.1 Å². The van der Waals surface area contributed by atoms with E-state index >= 15 is 0 Å². The molecule has 2 amide bonds. The summed E-state index contributed by atoms with van der Waals surface area (Å²) < 4.78 is 0. The zero-order valence-electron chi connectivity index (χ0n) is 10.4. The average molecular weight is 239 g/mol. The lowest BCUT2D eigenvalue weighted by atomic mass is 10.1. The number of fused-ring (bicyclic) bond motifs is 1. The molecule has 2 aliphatic heterocycles. The van der Waals surface area contributed by atoms with Gasteiger partial charge < -0.3 is 15.5 Å². The third kappa shape index (κ3) is 2.44. The Labute approximate surface area is 102 Å². The van der Waals surface area contributed by atoms with Gasteiger partial charge in [0, 0.05) is 32.1 Å². The molecule has 2 fully saturated rings. The highest BCUT2D eigenvalue weighted by atomic mass is 16.2. The van der Waals surface area contributed by atoms with Crippen LogP contribution in [-0.2, 0) is 9.59 Å². The van der Waals surface area contributed by atoms with Gasteiger partial charge in [-0.05, 0) is 12.8 Å². The molecule has 5 heteroatoms. The van der Waals surface area contributed by atoms with E-state index in [2.05, 4.69) is 0 Å². The second-order valence-corrected chi connectivity index (χ2v) is 4.96. The van der Waals surface area contributed by atoms with Crippen LogP contribution in [0, 0.1) is 0 Å². The fourth-order valence-corrected chi connectivity index (χ4v) is 2.73. The number of nitrogens with zero attached hydrogens (tertiary/aromatic N) is 2. The van der Waals surface area contributed by atoms with Gasteiger partial charge >= 0.3 is 0 Å². The second kappa shape index (κ2) is 5.04. The number of nitrogens with two attached hydrogens (primary N) is 1. The van der Waals surface area contributed by atoms with Crippen molar-refractivity contribution < 1.29 is 9.59 Å². The molecule has 2 atom stereocenters. The van der Waals surface area contributed by atoms with Gasteiger partial charge in [-0.1, -0.05) is 13.3 Å². The van der Waals surface area contributed by atoms with Gasteiger partial charge in [-0.2, -0.15) is 0 Å². The van der Waals surface area contributed by atoms with E-state index in [0.717, 1.165) is 19.3 Å². The van der Waals surface area contributed by atoms with Crippen molar-refractivity contribution in [2.24, 2.45) is 5.73 Å². The summed E-state index contributed by atoms with van der Waals surface area (Å²) in [6, 6.07) is -0.141. The van der Waals surface area contributed by atoms with Crippen LogP contribution in [-0.4, -0.2) is 53.3 Å². The zero-order valence-corrected chi connectivity index (χ0v) is 10.4. The van der Waals surface area contributed by atoms with Crippen molar-refractivity contribution in [3.63, 3.8) is 0 Å². The molecule has 5 nitrogen and oxygen atoms in total. The van der Waals surface area contributed by atoms with Crippen molar-refractivity contribution in [3.05, 3.63) is 0 Å². The van der Waals surface area contributed by atoms with E-state index in [1.807, 2.05) is 16.7 Å². The quantitative estimate of drug-likeness (QED) is 0.750. The summed E-state index contributed by atoms with van der Waals surface area (Å²) in [5.74, 6) is 0.283. The first-order chi connectivity index (χ1) is 8.13. The smallest absolute Gasteiger partial charge is 0.239 e. The van der Waals surface area contributed by atoms with Crippen molar-refractivity contribution in [1.82, 2.24) is 9.80 Å². The Kier molecular flexibility index (Phi) is 3.66. The largest absolute Gasteiger partial charge is 0.338 e. The Morgan fingerprint density at radius 2 is 2.29 bits per heavy atom. The van der Waals surface area contributed by atoms with Crippen LogP contribution in [0.2, 0.25) is 0 Å². The first-order valence-corrected chi connectivity index (χ1v) is 6.47. The van der Waals surface area contributed by atoms with Gasteiger partial charge in [0.2, 0.25) is 11.8 Å². The van der Waals surface area contributed by atoms with Crippen LogP contribution in [0.15, 0.2) is 0 Å². The van der Waals surface area contributed by atoms with E-state index in [1.54, 1.807) is 0 Å². The van der Waals surface area contributed by atoms with Crippen LogP contribution < -0.4 is 5.73 Å². The van der Waals surface area contributed by atoms with Gasteiger partial charge in [0.15, 0.2) is 0 Å². The van der Waals surface area contributed by atoms with Crippen molar-refractivity contribution in [2.45, 2.75) is 44.7 Å². The maximum absolute atomic E-state index is 12.1. The number of hydrogen-bond acceptors (Lipinski definition) is 3. The van der Waals surface area contributed by atoms with Crippen molar-refractivity contribution in [2.75, 3.05) is 19.6 Å². The van der Waals surface area contributed by atoms with Crippen molar-refractivity contribution in [3.8, 4) is 0 Å². The van der Waals surface area contributed by atoms with Gasteiger partial charge in [-0.25, -0.2) is 0 Å². The summed E-state index contributed by atoms with van der Waals surface area (Å²) in [5, 5.41) is 0. The highest BCUT2D eigenvalue weighted by Crippen LogP contribution is 2.23. The predicted molar refractivity (Wildman–Crippen MR) is 64.2 cm³/mol. The zero-order chi connectivity index (χ0) is 12.4. The molecule has 2 saturated heterocycles. The monoisotopic (exact) mass is 239 g/mol. The number of amides is 2. The third-order valence-corrected chi connectivity index (χ3v) is 3.72. The van der Waals surface area contributed by atoms with Crippen molar-refractivity contribution in [1.29, 1.82) is 0 Å². The lowest BCUT2D eigenvalue weighted by Gasteiger charge is -2.38. The molecule has 96 valence electrons. The molecule has 0 aromatic heterocycles. The Morgan fingerprint density at radius 1 is 1.53 bits per heavy atom. The van der Waals surface area contributed by atoms with Crippen molar-refractivity contribution >= 4 is 11.8 Å². The summed E-state index contributed by atoms with van der Waals surface area (Å²) in [5.41, 5.74) is 5.85. The molecule has 0 aliphatic carbocycles. The van der Waals surface area contributed by atoms with Crippen LogP contribution in [0.5, 0.6) is 0 Å². The maximum atomic E-state index is 12.1. The Bertz CT molecular complexity index is 319. The SMILES string of the molecule is CCCC(N)C(=O)N1CCN2C(=O)CCC2C1. The van der Waals surface area contributed by atoms with Gasteiger partial charge in [0.05, 0.1) is 6.04 Å². The summed E-state index contributed by atoms with van der Waals surface area (Å²) in [4.78, 5) is 27.3. The van der Waals surface area contributed by atoms with Gasteiger partial charge in [0.1, 0.15) is 0 Å². The lowest BCUT2D eigenvalue weighted by Crippen LogP contribution is -2.56. The highest BCUT2D eigenvalue weighted by Gasteiger charge is 2.37. The molecule has 2 rings (SSSR count). The fourth-order valence-electron chi connectivity index (χ4n) is 2.73. The standard InChI is InChI=1S/C12H21N3O2/c1-2-3-10(13)12(17)14-6-7-15-9(8-14)4-5-11(15)16/h9-10H,2-8,13H2,1H3. The number of hydrogen-bond donors (Lipinski definition) is 1. The van der Waals surface area contributed by atoms with E-state index in [4.69, 9.17) is 5.73 Å². The first kappa shape index (κ1) is 12.4. The number of piperazine rings is 1. The molecule has 0 radical (unpaired) electrons. The van der Waals surface area contributed by atoms with Crippen LogP contribution in [0.25, 0.3) is 0 Å². The molecule has 0 aromatic carbocycles. The van der Waals surface area contributed by atoms with Crippen LogP contribution in [0.1, 0.15) is 32.6 Å². The molecular formula is C12H21N3O2. The van der Waals surface area contributed by atoms with Crippen LogP contribution >= 0.6 is 0 Å². The molecule has 2 heterocycles. The molecule has 2 aliphatic rings. The number of carbonyl (C=O) groups is 2. The van der Waals surface area contributed by atoms with Crippen LogP contribution in [0.3, 0.4) is 0 Å². The Morgan fingerprint density at radius 3 is 3.00 bits per heavy atom. The third-order valence-electron chi connectivity index (χ3n) is 3.72. The molecule has 0 spiro atoms. The number of rotatable bonds is 3. The second-order valence-electron chi connectivity index (χ2n) is 4.96. The highest BCUT2D eigenvalue weighted by molar-refractivity contribution is 5.83. The van der Waals surface area contributed by atoms with Gasteiger partial charge in [0.25, 0.3) is 0 Å². The summed E-state index contributed by atoms with van der Waals surface area (Å²) in [6.07, 6.45) is 3.18.